The Hall–Kier alpha value is -2.54. The average molecular weight is 391 g/mol. The molecule has 2 rings (SSSR count). The highest BCUT2D eigenvalue weighted by Crippen LogP contribution is 2.30. The summed E-state index contributed by atoms with van der Waals surface area (Å²) < 4.78 is 36.4. The highest BCUT2D eigenvalue weighted by molar-refractivity contribution is 7.89. The van der Waals surface area contributed by atoms with E-state index in [0.717, 1.165) is 12.0 Å². The number of aryl methyl sites for hydroxylation is 3. The number of sulfonamides is 1. The molecule has 1 N–H and O–H groups in total. The molecule has 0 atom stereocenters. The average Bonchev–Trinajstić information content (AvgIpc) is 2.58. The summed E-state index contributed by atoms with van der Waals surface area (Å²) in [5.74, 6) is 1.10. The van der Waals surface area contributed by atoms with Gasteiger partial charge in [-0.1, -0.05) is 30.7 Å². The van der Waals surface area contributed by atoms with Crippen molar-refractivity contribution < 1.29 is 17.9 Å². The Morgan fingerprint density at radius 3 is 2.41 bits per heavy atom. The molecule has 0 spiro atoms. The standard InChI is InChI=1S/C20H26N2O4S/c1-6-10-26-19-17(8-7-9-18(19)25-5)13-21-22-27(23,24)20-15(3)11-14(2)12-16(20)4/h7-9,11-13,22H,6,10H2,1-5H3/b21-13+. The summed E-state index contributed by atoms with van der Waals surface area (Å²) in [5.41, 5.74) is 3.01. The van der Waals surface area contributed by atoms with Crippen LogP contribution in [0.1, 0.15) is 35.6 Å². The molecule has 0 aliphatic carbocycles. The van der Waals surface area contributed by atoms with Crippen LogP contribution in [0.15, 0.2) is 40.3 Å². The Labute approximate surface area is 161 Å². The van der Waals surface area contributed by atoms with Gasteiger partial charge in [0, 0.05) is 5.56 Å². The number of nitrogens with one attached hydrogen (secondary N) is 1. The molecule has 6 nitrogen and oxygen atoms in total. The predicted molar refractivity (Wildman–Crippen MR) is 107 cm³/mol. The summed E-state index contributed by atoms with van der Waals surface area (Å²) in [4.78, 5) is 2.54. The van der Waals surface area contributed by atoms with Crippen molar-refractivity contribution in [2.45, 2.75) is 39.0 Å². The quantitative estimate of drug-likeness (QED) is 0.550. The van der Waals surface area contributed by atoms with E-state index in [0.29, 0.717) is 34.8 Å². The van der Waals surface area contributed by atoms with Crippen molar-refractivity contribution in [3.05, 3.63) is 52.6 Å². The van der Waals surface area contributed by atoms with Crippen LogP contribution in [0.25, 0.3) is 0 Å². The number of hydrogen-bond donors (Lipinski definition) is 1. The van der Waals surface area contributed by atoms with Crippen LogP contribution in [0.5, 0.6) is 11.5 Å². The molecule has 0 radical (unpaired) electrons. The number of nitrogens with zero attached hydrogens (tertiary/aromatic N) is 1. The molecule has 0 saturated heterocycles. The summed E-state index contributed by atoms with van der Waals surface area (Å²) in [6, 6.07) is 9.04. The molecule has 2 aromatic rings. The summed E-state index contributed by atoms with van der Waals surface area (Å²) >= 11 is 0. The first-order valence-corrected chi connectivity index (χ1v) is 10.2. The molecule has 0 heterocycles. The van der Waals surface area contributed by atoms with E-state index in [4.69, 9.17) is 9.47 Å². The fraction of sp³-hybridized carbons (Fsp3) is 0.350. The second kappa shape index (κ2) is 8.90. The Morgan fingerprint density at radius 2 is 1.81 bits per heavy atom. The van der Waals surface area contributed by atoms with Gasteiger partial charge in [-0.05, 0) is 50.5 Å². The lowest BCUT2D eigenvalue weighted by Gasteiger charge is -2.13. The van der Waals surface area contributed by atoms with E-state index in [-0.39, 0.29) is 4.90 Å². The third-order valence-electron chi connectivity index (χ3n) is 3.93. The molecule has 0 saturated carbocycles. The summed E-state index contributed by atoms with van der Waals surface area (Å²) in [6.07, 6.45) is 2.26. The minimum Gasteiger partial charge on any atom is -0.493 e. The van der Waals surface area contributed by atoms with Crippen molar-refractivity contribution in [1.29, 1.82) is 0 Å². The predicted octanol–water partition coefficient (Wildman–Crippen LogP) is 3.72. The number of ether oxygens (including phenoxy) is 2. The molecule has 0 unspecified atom stereocenters. The van der Waals surface area contributed by atoms with E-state index >= 15 is 0 Å². The van der Waals surface area contributed by atoms with Crippen LogP contribution in [-0.2, 0) is 10.0 Å². The van der Waals surface area contributed by atoms with Gasteiger partial charge in [0.2, 0.25) is 0 Å². The maximum absolute atomic E-state index is 12.7. The van der Waals surface area contributed by atoms with Crippen LogP contribution in [0.3, 0.4) is 0 Å². The van der Waals surface area contributed by atoms with Gasteiger partial charge < -0.3 is 9.47 Å². The van der Waals surface area contributed by atoms with Gasteiger partial charge in [0.15, 0.2) is 11.5 Å². The van der Waals surface area contributed by atoms with Crippen molar-refractivity contribution in [2.24, 2.45) is 5.10 Å². The van der Waals surface area contributed by atoms with Crippen LogP contribution in [0, 0.1) is 20.8 Å². The number of hydrogen-bond acceptors (Lipinski definition) is 5. The van der Waals surface area contributed by atoms with Gasteiger partial charge in [0.05, 0.1) is 24.8 Å². The molecular weight excluding hydrogens is 364 g/mol. The molecule has 0 bridgehead atoms. The molecular formula is C20H26N2O4S. The first-order valence-electron chi connectivity index (χ1n) is 8.72. The normalized spacial score (nSPS) is 11.6. The number of rotatable bonds is 8. The highest BCUT2D eigenvalue weighted by atomic mass is 32.2. The first kappa shape index (κ1) is 20.8. The number of para-hydroxylation sites is 1. The minimum absolute atomic E-state index is 0.248. The SMILES string of the molecule is CCCOc1c(/C=N/NS(=O)(=O)c2c(C)cc(C)cc2C)cccc1OC. The monoisotopic (exact) mass is 390 g/mol. The van der Waals surface area contributed by atoms with Gasteiger partial charge in [-0.2, -0.15) is 13.5 Å². The van der Waals surface area contributed by atoms with Crippen LogP contribution in [0.2, 0.25) is 0 Å². The second-order valence-corrected chi connectivity index (χ2v) is 7.91. The van der Waals surface area contributed by atoms with Crippen LogP contribution < -0.4 is 14.3 Å². The molecule has 0 aliphatic rings. The van der Waals surface area contributed by atoms with Crippen molar-refractivity contribution >= 4 is 16.2 Å². The Balaban J connectivity index is 2.30. The van der Waals surface area contributed by atoms with Gasteiger partial charge in [-0.25, -0.2) is 4.83 Å². The third-order valence-corrected chi connectivity index (χ3v) is 5.46. The molecule has 146 valence electrons. The highest BCUT2D eigenvalue weighted by Gasteiger charge is 2.19. The summed E-state index contributed by atoms with van der Waals surface area (Å²) in [5, 5.41) is 3.94. The van der Waals surface area contributed by atoms with Crippen LogP contribution in [-0.4, -0.2) is 28.3 Å². The van der Waals surface area contributed by atoms with Crippen molar-refractivity contribution in [3.63, 3.8) is 0 Å². The molecule has 7 heteroatoms. The van der Waals surface area contributed by atoms with Crippen molar-refractivity contribution in [1.82, 2.24) is 4.83 Å². The number of methoxy groups -OCH3 is 1. The van der Waals surface area contributed by atoms with Crippen molar-refractivity contribution in [3.8, 4) is 11.5 Å². The van der Waals surface area contributed by atoms with Crippen LogP contribution >= 0.6 is 0 Å². The van der Waals surface area contributed by atoms with E-state index in [1.54, 1.807) is 39.2 Å². The zero-order valence-corrected chi connectivity index (χ0v) is 17.2. The topological polar surface area (TPSA) is 77.0 Å². The van der Waals surface area contributed by atoms with E-state index in [1.165, 1.54) is 6.21 Å². The molecule has 27 heavy (non-hydrogen) atoms. The van der Waals surface area contributed by atoms with E-state index in [9.17, 15) is 8.42 Å². The molecule has 2 aromatic carbocycles. The zero-order chi connectivity index (χ0) is 20.0. The lowest BCUT2D eigenvalue weighted by atomic mass is 10.1. The Morgan fingerprint density at radius 1 is 1.15 bits per heavy atom. The lowest BCUT2D eigenvalue weighted by Crippen LogP contribution is -2.20. The van der Waals surface area contributed by atoms with Gasteiger partial charge >= 0.3 is 0 Å². The fourth-order valence-corrected chi connectivity index (χ4v) is 4.20. The lowest BCUT2D eigenvalue weighted by molar-refractivity contribution is 0.294. The first-order chi connectivity index (χ1) is 12.8. The van der Waals surface area contributed by atoms with E-state index < -0.39 is 10.0 Å². The maximum Gasteiger partial charge on any atom is 0.277 e. The van der Waals surface area contributed by atoms with Crippen molar-refractivity contribution in [2.75, 3.05) is 13.7 Å². The largest absolute Gasteiger partial charge is 0.493 e. The van der Waals surface area contributed by atoms with Gasteiger partial charge in [-0.3, -0.25) is 0 Å². The Kier molecular flexibility index (Phi) is 6.85. The van der Waals surface area contributed by atoms with Crippen LogP contribution in [0.4, 0.5) is 0 Å². The summed E-state index contributed by atoms with van der Waals surface area (Å²) in [7, 11) is -2.22. The number of hydrazone groups is 1. The molecule has 0 fully saturated rings. The Bertz CT molecular complexity index is 914. The summed E-state index contributed by atoms with van der Waals surface area (Å²) in [6.45, 7) is 8.01. The third kappa shape index (κ3) is 5.01. The number of benzene rings is 2. The van der Waals surface area contributed by atoms with Gasteiger partial charge in [0.1, 0.15) is 0 Å². The molecule has 0 aromatic heterocycles. The fourth-order valence-electron chi connectivity index (χ4n) is 2.96. The maximum atomic E-state index is 12.7. The van der Waals surface area contributed by atoms with Gasteiger partial charge in [0.25, 0.3) is 10.0 Å². The zero-order valence-electron chi connectivity index (χ0n) is 16.4. The molecule has 0 amide bonds. The van der Waals surface area contributed by atoms with E-state index in [2.05, 4.69) is 9.93 Å². The second-order valence-electron chi connectivity index (χ2n) is 6.31. The molecule has 0 aliphatic heterocycles. The van der Waals surface area contributed by atoms with E-state index in [1.807, 2.05) is 26.0 Å². The minimum atomic E-state index is -3.77. The van der Waals surface area contributed by atoms with Gasteiger partial charge in [-0.15, -0.1) is 0 Å². The smallest absolute Gasteiger partial charge is 0.277 e.